The van der Waals surface area contributed by atoms with Gasteiger partial charge in [0, 0.05) is 18.6 Å². The molecule has 2 rings (SSSR count). The highest BCUT2D eigenvalue weighted by atomic mass is 16.3. The SMILES string of the molecule is Cc1ccccc1[C@@H]1C[C@H]1C(=O)N[C@@H](C)CCCO. The summed E-state index contributed by atoms with van der Waals surface area (Å²) in [5.41, 5.74) is 2.58. The third-order valence-electron chi connectivity index (χ3n) is 3.90. The minimum Gasteiger partial charge on any atom is -0.396 e. The van der Waals surface area contributed by atoms with E-state index in [1.54, 1.807) is 0 Å². The van der Waals surface area contributed by atoms with E-state index < -0.39 is 0 Å². The van der Waals surface area contributed by atoms with Crippen LogP contribution in [0.2, 0.25) is 0 Å². The maximum Gasteiger partial charge on any atom is 0.223 e. The number of aryl methyl sites for hydroxylation is 1. The van der Waals surface area contributed by atoms with E-state index in [1.165, 1.54) is 11.1 Å². The molecule has 0 radical (unpaired) electrons. The van der Waals surface area contributed by atoms with Crippen molar-refractivity contribution in [3.05, 3.63) is 35.4 Å². The summed E-state index contributed by atoms with van der Waals surface area (Å²) >= 11 is 0. The molecular formula is C16H23NO2. The summed E-state index contributed by atoms with van der Waals surface area (Å²) in [5.74, 6) is 0.697. The van der Waals surface area contributed by atoms with Gasteiger partial charge < -0.3 is 10.4 Å². The Hall–Kier alpha value is -1.35. The summed E-state index contributed by atoms with van der Waals surface area (Å²) in [6.45, 7) is 4.29. The van der Waals surface area contributed by atoms with Crippen LogP contribution in [0.1, 0.15) is 43.2 Å². The molecule has 0 aliphatic heterocycles. The molecule has 0 bridgehead atoms. The largest absolute Gasteiger partial charge is 0.396 e. The number of rotatable bonds is 6. The molecule has 1 aliphatic carbocycles. The Balaban J connectivity index is 1.85. The molecule has 19 heavy (non-hydrogen) atoms. The van der Waals surface area contributed by atoms with Gasteiger partial charge in [0.1, 0.15) is 0 Å². The molecule has 1 saturated carbocycles. The highest BCUT2D eigenvalue weighted by Crippen LogP contribution is 2.48. The number of carbonyl (C=O) groups is 1. The fourth-order valence-electron chi connectivity index (χ4n) is 2.65. The normalized spacial score (nSPS) is 22.9. The van der Waals surface area contributed by atoms with Gasteiger partial charge in [-0.25, -0.2) is 0 Å². The van der Waals surface area contributed by atoms with E-state index in [0.717, 1.165) is 19.3 Å². The van der Waals surface area contributed by atoms with Crippen molar-refractivity contribution in [2.24, 2.45) is 5.92 Å². The lowest BCUT2D eigenvalue weighted by molar-refractivity contribution is -0.123. The van der Waals surface area contributed by atoms with Gasteiger partial charge in [-0.3, -0.25) is 4.79 Å². The van der Waals surface area contributed by atoms with Crippen molar-refractivity contribution in [1.29, 1.82) is 0 Å². The molecule has 2 N–H and O–H groups in total. The molecule has 1 amide bonds. The van der Waals surface area contributed by atoms with Crippen LogP contribution in [0.4, 0.5) is 0 Å². The minimum atomic E-state index is 0.137. The van der Waals surface area contributed by atoms with E-state index >= 15 is 0 Å². The number of hydrogen-bond donors (Lipinski definition) is 2. The molecule has 0 saturated heterocycles. The van der Waals surface area contributed by atoms with Crippen molar-refractivity contribution in [2.45, 2.75) is 45.1 Å². The number of amides is 1. The zero-order chi connectivity index (χ0) is 13.8. The molecule has 0 aromatic heterocycles. The van der Waals surface area contributed by atoms with Crippen LogP contribution in [-0.2, 0) is 4.79 Å². The summed E-state index contributed by atoms with van der Waals surface area (Å²) in [4.78, 5) is 12.1. The van der Waals surface area contributed by atoms with E-state index in [9.17, 15) is 4.79 Å². The summed E-state index contributed by atoms with van der Waals surface area (Å²) in [6, 6.07) is 8.46. The third-order valence-corrected chi connectivity index (χ3v) is 3.90. The van der Waals surface area contributed by atoms with Crippen molar-refractivity contribution in [3.63, 3.8) is 0 Å². The van der Waals surface area contributed by atoms with Crippen molar-refractivity contribution >= 4 is 5.91 Å². The number of nitrogens with one attached hydrogen (secondary N) is 1. The number of aliphatic hydroxyl groups is 1. The second-order valence-electron chi connectivity index (χ2n) is 5.58. The van der Waals surface area contributed by atoms with E-state index in [-0.39, 0.29) is 24.5 Å². The molecular weight excluding hydrogens is 238 g/mol. The fourth-order valence-corrected chi connectivity index (χ4v) is 2.65. The van der Waals surface area contributed by atoms with Gasteiger partial charge in [0.15, 0.2) is 0 Å². The number of benzene rings is 1. The van der Waals surface area contributed by atoms with Gasteiger partial charge in [-0.05, 0) is 50.2 Å². The van der Waals surface area contributed by atoms with Crippen molar-refractivity contribution in [3.8, 4) is 0 Å². The summed E-state index contributed by atoms with van der Waals surface area (Å²) < 4.78 is 0. The molecule has 1 aromatic rings. The van der Waals surface area contributed by atoms with Gasteiger partial charge in [0.25, 0.3) is 0 Å². The number of aliphatic hydroxyl groups excluding tert-OH is 1. The van der Waals surface area contributed by atoms with Crippen LogP contribution in [-0.4, -0.2) is 23.7 Å². The average molecular weight is 261 g/mol. The first kappa shape index (κ1) is 14.1. The lowest BCUT2D eigenvalue weighted by atomic mass is 10.0. The maximum atomic E-state index is 12.1. The Morgan fingerprint density at radius 2 is 2.21 bits per heavy atom. The molecule has 1 fully saturated rings. The van der Waals surface area contributed by atoms with Crippen LogP contribution in [0.25, 0.3) is 0 Å². The lowest BCUT2D eigenvalue weighted by Crippen LogP contribution is -2.34. The highest BCUT2D eigenvalue weighted by Gasteiger charge is 2.44. The molecule has 1 aromatic carbocycles. The smallest absolute Gasteiger partial charge is 0.223 e. The van der Waals surface area contributed by atoms with Crippen molar-refractivity contribution < 1.29 is 9.90 Å². The zero-order valence-electron chi connectivity index (χ0n) is 11.7. The van der Waals surface area contributed by atoms with E-state index in [2.05, 4.69) is 24.4 Å². The third kappa shape index (κ3) is 3.57. The summed E-state index contributed by atoms with van der Waals surface area (Å²) in [5, 5.41) is 11.8. The Kier molecular flexibility index (Phi) is 4.59. The standard InChI is InChI=1S/C16H23NO2/c1-11-6-3-4-8-13(11)14-10-15(14)16(19)17-12(2)7-5-9-18/h3-4,6,8,12,14-15,18H,5,7,9-10H2,1-2H3,(H,17,19)/t12-,14-,15+/m0/s1. The van der Waals surface area contributed by atoms with E-state index in [4.69, 9.17) is 5.11 Å². The van der Waals surface area contributed by atoms with E-state index in [0.29, 0.717) is 5.92 Å². The predicted octanol–water partition coefficient (Wildman–Crippen LogP) is 2.38. The van der Waals surface area contributed by atoms with Crippen LogP contribution in [0.15, 0.2) is 24.3 Å². The van der Waals surface area contributed by atoms with Gasteiger partial charge in [0.05, 0.1) is 0 Å². The molecule has 0 heterocycles. The fraction of sp³-hybridized carbons (Fsp3) is 0.562. The quantitative estimate of drug-likeness (QED) is 0.826. The first-order valence-corrected chi connectivity index (χ1v) is 7.10. The summed E-state index contributed by atoms with van der Waals surface area (Å²) in [6.07, 6.45) is 2.54. The molecule has 0 unspecified atom stereocenters. The number of carbonyl (C=O) groups excluding carboxylic acids is 1. The maximum absolute atomic E-state index is 12.1. The Morgan fingerprint density at radius 3 is 2.89 bits per heavy atom. The Bertz CT molecular complexity index is 444. The second kappa shape index (κ2) is 6.20. The van der Waals surface area contributed by atoms with Crippen LogP contribution in [0, 0.1) is 12.8 Å². The first-order chi connectivity index (χ1) is 9.13. The van der Waals surface area contributed by atoms with Gasteiger partial charge in [-0.2, -0.15) is 0 Å². The molecule has 3 atom stereocenters. The van der Waals surface area contributed by atoms with Crippen LogP contribution >= 0.6 is 0 Å². The van der Waals surface area contributed by atoms with E-state index in [1.807, 2.05) is 19.1 Å². The molecule has 104 valence electrons. The van der Waals surface area contributed by atoms with Crippen LogP contribution in [0.5, 0.6) is 0 Å². The summed E-state index contributed by atoms with van der Waals surface area (Å²) in [7, 11) is 0. The van der Waals surface area contributed by atoms with Gasteiger partial charge in [0.2, 0.25) is 5.91 Å². The molecule has 3 nitrogen and oxygen atoms in total. The zero-order valence-corrected chi connectivity index (χ0v) is 11.7. The average Bonchev–Trinajstić information content (AvgIpc) is 3.17. The lowest BCUT2D eigenvalue weighted by Gasteiger charge is -2.13. The highest BCUT2D eigenvalue weighted by molar-refractivity contribution is 5.83. The molecule has 1 aliphatic rings. The van der Waals surface area contributed by atoms with Gasteiger partial charge in [-0.1, -0.05) is 24.3 Å². The molecule has 0 spiro atoms. The van der Waals surface area contributed by atoms with Crippen molar-refractivity contribution in [1.82, 2.24) is 5.32 Å². The second-order valence-corrected chi connectivity index (χ2v) is 5.58. The van der Waals surface area contributed by atoms with Crippen LogP contribution < -0.4 is 5.32 Å². The van der Waals surface area contributed by atoms with Crippen molar-refractivity contribution in [2.75, 3.05) is 6.61 Å². The van der Waals surface area contributed by atoms with Gasteiger partial charge in [-0.15, -0.1) is 0 Å². The predicted molar refractivity (Wildman–Crippen MR) is 76.0 cm³/mol. The Morgan fingerprint density at radius 1 is 1.47 bits per heavy atom. The number of hydrogen-bond acceptors (Lipinski definition) is 2. The van der Waals surface area contributed by atoms with Crippen LogP contribution in [0.3, 0.4) is 0 Å². The molecule has 3 heteroatoms. The van der Waals surface area contributed by atoms with Gasteiger partial charge >= 0.3 is 0 Å². The Labute approximate surface area is 115 Å². The first-order valence-electron chi connectivity index (χ1n) is 7.10. The topological polar surface area (TPSA) is 49.3 Å². The minimum absolute atomic E-state index is 0.137. The monoisotopic (exact) mass is 261 g/mol.